The molecule has 0 radical (unpaired) electrons. The van der Waals surface area contributed by atoms with Gasteiger partial charge in [-0.3, -0.25) is 9.59 Å². The van der Waals surface area contributed by atoms with Crippen LogP contribution < -0.4 is 11.1 Å². The van der Waals surface area contributed by atoms with Crippen molar-refractivity contribution in [2.45, 2.75) is 26.7 Å². The minimum atomic E-state index is -0.885. The molecule has 4 N–H and O–H groups in total. The average Bonchev–Trinajstić information content (AvgIpc) is 2.31. The second kappa shape index (κ2) is 8.03. The summed E-state index contributed by atoms with van der Waals surface area (Å²) in [5.41, 5.74) is 4.32. The van der Waals surface area contributed by atoms with Crippen molar-refractivity contribution in [2.24, 2.45) is 11.1 Å². The summed E-state index contributed by atoms with van der Waals surface area (Å²) in [6.45, 7) is 4.32. The summed E-state index contributed by atoms with van der Waals surface area (Å²) in [7, 11) is 0. The molecule has 0 aliphatic carbocycles. The summed E-state index contributed by atoms with van der Waals surface area (Å²) in [4.78, 5) is 22.5. The quantitative estimate of drug-likeness (QED) is 0.496. The minimum Gasteiger partial charge on any atom is -0.481 e. The van der Waals surface area contributed by atoms with Gasteiger partial charge in [-0.05, 0) is 12.8 Å². The van der Waals surface area contributed by atoms with E-state index in [9.17, 15) is 9.59 Å². The first kappa shape index (κ1) is 15.9. The summed E-state index contributed by atoms with van der Waals surface area (Å²) in [5.74, 6) is -1.20. The molecule has 0 saturated heterocycles. The van der Waals surface area contributed by atoms with Crippen LogP contribution >= 0.6 is 0 Å². The number of rotatable bonds is 9. The molecule has 0 heterocycles. The molecule has 1 amide bonds. The highest BCUT2D eigenvalue weighted by Crippen LogP contribution is 2.25. The van der Waals surface area contributed by atoms with Crippen molar-refractivity contribution < 1.29 is 19.4 Å². The lowest BCUT2D eigenvalue weighted by molar-refractivity contribution is -0.149. The molecule has 17 heavy (non-hydrogen) atoms. The molecular weight excluding hydrogens is 224 g/mol. The van der Waals surface area contributed by atoms with Crippen LogP contribution in [0.3, 0.4) is 0 Å². The molecule has 0 atom stereocenters. The van der Waals surface area contributed by atoms with E-state index in [0.29, 0.717) is 26.0 Å². The van der Waals surface area contributed by atoms with E-state index in [1.54, 1.807) is 13.8 Å². The van der Waals surface area contributed by atoms with E-state index >= 15 is 0 Å². The van der Waals surface area contributed by atoms with Crippen molar-refractivity contribution in [3.8, 4) is 0 Å². The van der Waals surface area contributed by atoms with Gasteiger partial charge in [-0.1, -0.05) is 13.8 Å². The molecule has 0 aromatic heterocycles. The van der Waals surface area contributed by atoms with Crippen molar-refractivity contribution in [3.63, 3.8) is 0 Å². The Morgan fingerprint density at radius 3 is 2.35 bits per heavy atom. The number of amides is 1. The first-order valence-electron chi connectivity index (χ1n) is 5.80. The molecule has 0 unspecified atom stereocenters. The van der Waals surface area contributed by atoms with E-state index in [1.165, 1.54) is 0 Å². The van der Waals surface area contributed by atoms with Gasteiger partial charge in [-0.2, -0.15) is 0 Å². The fraction of sp³-hybridized carbons (Fsp3) is 0.818. The lowest BCUT2D eigenvalue weighted by atomic mass is 9.82. The smallest absolute Gasteiger partial charge is 0.311 e. The van der Waals surface area contributed by atoms with Crippen molar-refractivity contribution >= 4 is 11.9 Å². The normalized spacial score (nSPS) is 11.2. The third-order valence-corrected chi connectivity index (χ3v) is 2.93. The number of carboxylic acid groups (broad SMARTS) is 1. The predicted octanol–water partition coefficient (Wildman–Crippen LogP) is -0.0311. The Balaban J connectivity index is 4.13. The van der Waals surface area contributed by atoms with Crippen LogP contribution in [-0.2, 0) is 14.3 Å². The van der Waals surface area contributed by atoms with Crippen LogP contribution in [0.4, 0.5) is 0 Å². The minimum absolute atomic E-state index is 0.0830. The lowest BCUT2D eigenvalue weighted by Crippen LogP contribution is -2.43. The largest absolute Gasteiger partial charge is 0.481 e. The van der Waals surface area contributed by atoms with Gasteiger partial charge in [-0.15, -0.1) is 0 Å². The molecule has 6 heteroatoms. The Kier molecular flexibility index (Phi) is 7.49. The average molecular weight is 246 g/mol. The van der Waals surface area contributed by atoms with Crippen molar-refractivity contribution in [1.82, 2.24) is 5.32 Å². The van der Waals surface area contributed by atoms with Crippen LogP contribution in [0.25, 0.3) is 0 Å². The van der Waals surface area contributed by atoms with Gasteiger partial charge in [0.2, 0.25) is 5.91 Å². The lowest BCUT2D eigenvalue weighted by Gasteiger charge is -2.26. The van der Waals surface area contributed by atoms with Gasteiger partial charge >= 0.3 is 5.97 Å². The Labute approximate surface area is 102 Å². The van der Waals surface area contributed by atoms with Crippen LogP contribution in [0.5, 0.6) is 0 Å². The van der Waals surface area contributed by atoms with Crippen LogP contribution in [0.1, 0.15) is 26.7 Å². The monoisotopic (exact) mass is 246 g/mol. The highest BCUT2D eigenvalue weighted by molar-refractivity contribution is 5.79. The highest BCUT2D eigenvalue weighted by atomic mass is 16.5. The van der Waals surface area contributed by atoms with E-state index in [2.05, 4.69) is 5.32 Å². The van der Waals surface area contributed by atoms with Gasteiger partial charge in [-0.25, -0.2) is 0 Å². The summed E-state index contributed by atoms with van der Waals surface area (Å²) >= 11 is 0. The van der Waals surface area contributed by atoms with Crippen LogP contribution in [-0.4, -0.2) is 43.3 Å². The molecule has 0 spiro atoms. The molecule has 100 valence electrons. The topological polar surface area (TPSA) is 102 Å². The van der Waals surface area contributed by atoms with E-state index in [1.807, 2.05) is 0 Å². The van der Waals surface area contributed by atoms with Crippen molar-refractivity contribution in [2.75, 3.05) is 26.3 Å². The van der Waals surface area contributed by atoms with Crippen molar-refractivity contribution in [1.29, 1.82) is 0 Å². The van der Waals surface area contributed by atoms with Gasteiger partial charge in [0.1, 0.15) is 6.61 Å². The van der Waals surface area contributed by atoms with E-state index in [4.69, 9.17) is 15.6 Å². The molecule has 0 fully saturated rings. The zero-order valence-corrected chi connectivity index (χ0v) is 10.5. The van der Waals surface area contributed by atoms with Gasteiger partial charge < -0.3 is 20.9 Å². The number of carboxylic acids is 1. The van der Waals surface area contributed by atoms with Gasteiger partial charge in [0, 0.05) is 13.1 Å². The van der Waals surface area contributed by atoms with E-state index in [0.717, 1.165) is 0 Å². The van der Waals surface area contributed by atoms with Gasteiger partial charge in [0.25, 0.3) is 0 Å². The molecule has 0 aromatic carbocycles. The Bertz CT molecular complexity index is 252. The number of nitrogens with two attached hydrogens (primary N) is 1. The summed E-state index contributed by atoms with van der Waals surface area (Å²) < 4.78 is 4.95. The number of hydrogen-bond acceptors (Lipinski definition) is 4. The number of carbonyl (C=O) groups is 2. The number of aliphatic carboxylic acids is 1. The maximum Gasteiger partial charge on any atom is 0.311 e. The van der Waals surface area contributed by atoms with Crippen molar-refractivity contribution in [3.05, 3.63) is 0 Å². The molecule has 0 rings (SSSR count). The third-order valence-electron chi connectivity index (χ3n) is 2.93. The Morgan fingerprint density at radius 1 is 1.35 bits per heavy atom. The molecule has 0 saturated carbocycles. The zero-order valence-electron chi connectivity index (χ0n) is 10.5. The number of carbonyl (C=O) groups excluding carboxylic acids is 1. The molecule has 0 aromatic rings. The first-order valence-corrected chi connectivity index (χ1v) is 5.80. The SMILES string of the molecule is CCC(CC)(CNC(=O)COCCN)C(=O)O. The predicted molar refractivity (Wildman–Crippen MR) is 63.5 cm³/mol. The van der Waals surface area contributed by atoms with Crippen LogP contribution in [0, 0.1) is 5.41 Å². The standard InChI is InChI=1S/C11H22N2O4/c1-3-11(4-2,10(15)16)8-13-9(14)7-17-6-5-12/h3-8,12H2,1-2H3,(H,13,14)(H,15,16). The molecular formula is C11H22N2O4. The fourth-order valence-electron chi connectivity index (χ4n) is 1.45. The van der Waals surface area contributed by atoms with Crippen LogP contribution in [0.15, 0.2) is 0 Å². The zero-order chi connectivity index (χ0) is 13.3. The molecule has 0 aliphatic heterocycles. The number of nitrogens with one attached hydrogen (secondary N) is 1. The second-order valence-corrected chi connectivity index (χ2v) is 3.91. The maximum absolute atomic E-state index is 11.3. The second-order valence-electron chi connectivity index (χ2n) is 3.91. The summed E-state index contributed by atoms with van der Waals surface area (Å²) in [5, 5.41) is 11.7. The van der Waals surface area contributed by atoms with E-state index in [-0.39, 0.29) is 19.1 Å². The number of hydrogen-bond donors (Lipinski definition) is 3. The maximum atomic E-state index is 11.3. The molecule has 0 bridgehead atoms. The van der Waals surface area contributed by atoms with E-state index < -0.39 is 11.4 Å². The Morgan fingerprint density at radius 2 is 1.94 bits per heavy atom. The van der Waals surface area contributed by atoms with Gasteiger partial charge in [0.05, 0.1) is 12.0 Å². The fourth-order valence-corrected chi connectivity index (χ4v) is 1.45. The third kappa shape index (κ3) is 5.14. The molecule has 0 aliphatic rings. The molecule has 6 nitrogen and oxygen atoms in total. The highest BCUT2D eigenvalue weighted by Gasteiger charge is 2.34. The van der Waals surface area contributed by atoms with Gasteiger partial charge in [0.15, 0.2) is 0 Å². The number of ether oxygens (including phenoxy) is 1. The first-order chi connectivity index (χ1) is 8.02. The summed E-state index contributed by atoms with van der Waals surface area (Å²) in [6.07, 6.45) is 0.950. The van der Waals surface area contributed by atoms with Crippen LogP contribution in [0.2, 0.25) is 0 Å². The Hall–Kier alpha value is -1.14. The summed E-state index contributed by atoms with van der Waals surface area (Å²) in [6, 6.07) is 0.